The molecule has 1 amide bonds. The van der Waals surface area contributed by atoms with E-state index in [2.05, 4.69) is 19.2 Å². The van der Waals surface area contributed by atoms with Crippen LogP contribution < -0.4 is 10.2 Å². The normalized spacial score (nSPS) is 22.7. The minimum absolute atomic E-state index is 0.0325. The monoisotopic (exact) mass is 420 g/mol. The van der Waals surface area contributed by atoms with Crippen LogP contribution in [0.3, 0.4) is 0 Å². The van der Waals surface area contributed by atoms with Crippen molar-refractivity contribution in [2.24, 2.45) is 11.3 Å². The highest BCUT2D eigenvalue weighted by atomic mass is 35.5. The molecule has 0 aromatic heterocycles. The van der Waals surface area contributed by atoms with Gasteiger partial charge < -0.3 is 5.32 Å². The van der Waals surface area contributed by atoms with Gasteiger partial charge in [-0.2, -0.15) is 0 Å². The van der Waals surface area contributed by atoms with E-state index in [-0.39, 0.29) is 23.0 Å². The van der Waals surface area contributed by atoms with Crippen molar-refractivity contribution in [2.45, 2.75) is 45.6 Å². The van der Waals surface area contributed by atoms with E-state index < -0.39 is 6.04 Å². The predicted molar refractivity (Wildman–Crippen MR) is 120 cm³/mol. The molecule has 1 heterocycles. The number of Topliss-reactive ketones (excluding diaryl/α,β-unsaturated/α-hetero) is 1. The highest BCUT2D eigenvalue weighted by molar-refractivity contribution is 6.30. The molecule has 1 saturated carbocycles. The van der Waals surface area contributed by atoms with Gasteiger partial charge in [-0.15, -0.1) is 0 Å². The van der Waals surface area contributed by atoms with Crippen LogP contribution >= 0.6 is 11.6 Å². The van der Waals surface area contributed by atoms with Gasteiger partial charge in [-0.05, 0) is 54.5 Å². The number of hydrogen-bond acceptors (Lipinski definition) is 3. The molecular weight excluding hydrogens is 396 g/mol. The summed E-state index contributed by atoms with van der Waals surface area (Å²) in [6.45, 7) is 4.25. The zero-order chi connectivity index (χ0) is 21.0. The van der Waals surface area contributed by atoms with E-state index in [1.807, 2.05) is 53.4 Å². The Morgan fingerprint density at radius 3 is 2.47 bits per heavy atom. The largest absolute Gasteiger partial charge is 0.357 e. The van der Waals surface area contributed by atoms with Crippen LogP contribution in [0.25, 0.3) is 0 Å². The molecule has 2 aromatic carbocycles. The maximum Gasteiger partial charge on any atom is 0.231 e. The SMILES string of the molecule is CC1(C)CC(=O)C2=C(C1)Nc1ccccc1N(C(=O)C1CC1)[C@@H]2c1ccc(Cl)cc1. The van der Waals surface area contributed by atoms with Crippen molar-refractivity contribution in [3.63, 3.8) is 0 Å². The molecular formula is C25H25ClN2O2. The van der Waals surface area contributed by atoms with Crippen LogP contribution in [0.4, 0.5) is 11.4 Å². The van der Waals surface area contributed by atoms with E-state index in [0.29, 0.717) is 17.0 Å². The van der Waals surface area contributed by atoms with Crippen LogP contribution in [0.1, 0.15) is 51.1 Å². The van der Waals surface area contributed by atoms with Crippen LogP contribution in [0.15, 0.2) is 59.8 Å². The summed E-state index contributed by atoms with van der Waals surface area (Å²) in [5.74, 6) is 0.232. The first kappa shape index (κ1) is 19.4. The molecule has 1 aliphatic heterocycles. The van der Waals surface area contributed by atoms with Crippen LogP contribution in [-0.2, 0) is 9.59 Å². The number of anilines is 2. The highest BCUT2D eigenvalue weighted by Gasteiger charge is 2.45. The van der Waals surface area contributed by atoms with Crippen molar-refractivity contribution >= 4 is 34.7 Å². The fraction of sp³-hybridized carbons (Fsp3) is 0.360. The average molecular weight is 421 g/mol. The minimum atomic E-state index is -0.454. The number of carbonyl (C=O) groups excluding carboxylic acids is 2. The minimum Gasteiger partial charge on any atom is -0.357 e. The summed E-state index contributed by atoms with van der Waals surface area (Å²) in [7, 11) is 0. The standard InChI is InChI=1S/C25H25ClN2O2/c1-25(2)13-19-22(21(29)14-25)23(15-9-11-17(26)12-10-15)28(24(30)16-7-8-16)20-6-4-3-5-18(20)27-19/h3-6,9-12,16,23,27H,7-8,13-14H2,1-2H3/t23-/m1/s1. The Labute approximate surface area is 181 Å². The molecule has 5 heteroatoms. The van der Waals surface area contributed by atoms with E-state index in [1.165, 1.54) is 0 Å². The molecule has 1 N–H and O–H groups in total. The number of benzene rings is 2. The summed E-state index contributed by atoms with van der Waals surface area (Å²) >= 11 is 6.15. The van der Waals surface area contributed by atoms with Crippen molar-refractivity contribution in [1.82, 2.24) is 0 Å². The highest BCUT2D eigenvalue weighted by Crippen LogP contribution is 2.49. The van der Waals surface area contributed by atoms with Gasteiger partial charge in [0.25, 0.3) is 0 Å². The Kier molecular flexibility index (Phi) is 4.51. The molecule has 3 aliphatic rings. The van der Waals surface area contributed by atoms with Crippen LogP contribution in [0, 0.1) is 11.3 Å². The number of hydrogen-bond donors (Lipinski definition) is 1. The van der Waals surface area contributed by atoms with Gasteiger partial charge in [0.1, 0.15) is 0 Å². The Hall–Kier alpha value is -2.59. The predicted octanol–water partition coefficient (Wildman–Crippen LogP) is 5.89. The lowest BCUT2D eigenvalue weighted by Crippen LogP contribution is -2.40. The summed E-state index contributed by atoms with van der Waals surface area (Å²) in [6, 6.07) is 15.0. The number of rotatable bonds is 2. The third-order valence-electron chi connectivity index (χ3n) is 6.25. The summed E-state index contributed by atoms with van der Waals surface area (Å²) in [5, 5.41) is 4.18. The second-order valence-electron chi connectivity index (χ2n) is 9.41. The molecule has 2 aromatic rings. The van der Waals surface area contributed by atoms with E-state index in [9.17, 15) is 9.59 Å². The number of amides is 1. The summed E-state index contributed by atoms with van der Waals surface area (Å²) in [6.07, 6.45) is 3.05. The van der Waals surface area contributed by atoms with Gasteiger partial charge in [0.2, 0.25) is 5.91 Å². The fourth-order valence-corrected chi connectivity index (χ4v) is 4.84. The van der Waals surface area contributed by atoms with E-state index >= 15 is 0 Å². The first-order valence-electron chi connectivity index (χ1n) is 10.5. The molecule has 0 radical (unpaired) electrons. The Balaban J connectivity index is 1.77. The zero-order valence-corrected chi connectivity index (χ0v) is 18.0. The van der Waals surface area contributed by atoms with Crippen molar-refractivity contribution in [3.8, 4) is 0 Å². The number of fused-ring (bicyclic) bond motifs is 1. The lowest BCUT2D eigenvalue weighted by molar-refractivity contribution is -0.120. The van der Waals surface area contributed by atoms with E-state index in [1.54, 1.807) is 0 Å². The second kappa shape index (κ2) is 6.98. The molecule has 0 unspecified atom stereocenters. The second-order valence-corrected chi connectivity index (χ2v) is 9.85. The smallest absolute Gasteiger partial charge is 0.231 e. The first-order valence-corrected chi connectivity index (χ1v) is 10.9. The maximum absolute atomic E-state index is 13.6. The summed E-state index contributed by atoms with van der Waals surface area (Å²) in [4.78, 5) is 28.9. The fourth-order valence-electron chi connectivity index (χ4n) is 4.72. The van der Waals surface area contributed by atoms with Crippen LogP contribution in [0.2, 0.25) is 5.02 Å². The number of para-hydroxylation sites is 2. The zero-order valence-electron chi connectivity index (χ0n) is 17.2. The molecule has 154 valence electrons. The quantitative estimate of drug-likeness (QED) is 0.658. The summed E-state index contributed by atoms with van der Waals surface area (Å²) < 4.78 is 0. The molecule has 1 fully saturated rings. The number of ketones is 1. The van der Waals surface area contributed by atoms with E-state index in [4.69, 9.17) is 11.6 Å². The lowest BCUT2D eigenvalue weighted by atomic mass is 9.73. The number of nitrogens with one attached hydrogen (secondary N) is 1. The molecule has 1 atom stereocenters. The topological polar surface area (TPSA) is 49.4 Å². The van der Waals surface area contributed by atoms with Crippen molar-refractivity contribution in [1.29, 1.82) is 0 Å². The molecule has 4 nitrogen and oxygen atoms in total. The Bertz CT molecular complexity index is 1070. The van der Waals surface area contributed by atoms with Crippen molar-refractivity contribution in [3.05, 3.63) is 70.4 Å². The summed E-state index contributed by atoms with van der Waals surface area (Å²) in [5.41, 5.74) is 4.12. The van der Waals surface area contributed by atoms with Crippen LogP contribution in [-0.4, -0.2) is 11.7 Å². The Morgan fingerprint density at radius 1 is 1.07 bits per heavy atom. The van der Waals surface area contributed by atoms with Gasteiger partial charge in [-0.25, -0.2) is 0 Å². The third-order valence-corrected chi connectivity index (χ3v) is 6.50. The van der Waals surface area contributed by atoms with Crippen molar-refractivity contribution in [2.75, 3.05) is 10.2 Å². The average Bonchev–Trinajstić information content (AvgIpc) is 3.53. The van der Waals surface area contributed by atoms with E-state index in [0.717, 1.165) is 41.9 Å². The van der Waals surface area contributed by atoms with Gasteiger partial charge in [0.15, 0.2) is 5.78 Å². The maximum atomic E-state index is 13.6. The number of allylic oxidation sites excluding steroid dienone is 1. The van der Waals surface area contributed by atoms with Gasteiger partial charge in [-0.1, -0.05) is 49.7 Å². The number of nitrogens with zero attached hydrogens (tertiary/aromatic N) is 1. The van der Waals surface area contributed by atoms with Gasteiger partial charge in [-0.3, -0.25) is 14.5 Å². The van der Waals surface area contributed by atoms with Crippen molar-refractivity contribution < 1.29 is 9.59 Å². The van der Waals surface area contributed by atoms with Gasteiger partial charge in [0.05, 0.1) is 17.4 Å². The number of halogens is 1. The molecule has 2 aliphatic carbocycles. The van der Waals surface area contributed by atoms with Gasteiger partial charge in [0, 0.05) is 28.6 Å². The molecule has 0 bridgehead atoms. The molecule has 5 rings (SSSR count). The lowest BCUT2D eigenvalue weighted by Gasteiger charge is -2.37. The molecule has 0 spiro atoms. The molecule has 30 heavy (non-hydrogen) atoms. The van der Waals surface area contributed by atoms with Crippen LogP contribution in [0.5, 0.6) is 0 Å². The Morgan fingerprint density at radius 2 is 1.77 bits per heavy atom. The third kappa shape index (κ3) is 3.33. The van der Waals surface area contributed by atoms with Gasteiger partial charge >= 0.3 is 0 Å². The first-order chi connectivity index (χ1) is 14.3. The molecule has 0 saturated heterocycles. The number of carbonyl (C=O) groups is 2.